The highest BCUT2D eigenvalue weighted by molar-refractivity contribution is 7.11. The maximum Gasteiger partial charge on any atom is 0.191 e. The van der Waals surface area contributed by atoms with Crippen LogP contribution in [-0.4, -0.2) is 29.5 Å². The van der Waals surface area contributed by atoms with Gasteiger partial charge in [0.15, 0.2) is 5.89 Å². The van der Waals surface area contributed by atoms with E-state index in [0.717, 1.165) is 37.5 Å². The van der Waals surface area contributed by atoms with Crippen molar-refractivity contribution in [3.05, 3.63) is 54.8 Å². The zero-order valence-electron chi connectivity index (χ0n) is 17.5. The van der Waals surface area contributed by atoms with E-state index in [9.17, 15) is 0 Å². The summed E-state index contributed by atoms with van der Waals surface area (Å²) in [5, 5.41) is 11.8. The van der Waals surface area contributed by atoms with Crippen LogP contribution in [0.3, 0.4) is 0 Å². The molecule has 0 saturated heterocycles. The molecule has 0 unspecified atom stereocenters. The van der Waals surface area contributed by atoms with Gasteiger partial charge in [0.2, 0.25) is 0 Å². The van der Waals surface area contributed by atoms with E-state index >= 15 is 0 Å². The first-order valence-electron chi connectivity index (χ1n) is 8.47. The highest BCUT2D eigenvalue weighted by Crippen LogP contribution is 2.08. The van der Waals surface area contributed by atoms with Gasteiger partial charge in [0, 0.05) is 18.0 Å². The van der Waals surface area contributed by atoms with Crippen molar-refractivity contribution in [1.82, 2.24) is 29.5 Å². The Morgan fingerprint density at radius 1 is 0.714 bits per heavy atom. The van der Waals surface area contributed by atoms with Crippen molar-refractivity contribution < 1.29 is 4.42 Å². The first kappa shape index (κ1) is 24.0. The second-order valence-electron chi connectivity index (χ2n) is 5.68. The molecule has 0 saturated carbocycles. The van der Waals surface area contributed by atoms with E-state index in [-0.39, 0.29) is 0 Å². The smallest absolute Gasteiger partial charge is 0.191 e. The minimum absolute atomic E-state index is 0.734. The summed E-state index contributed by atoms with van der Waals surface area (Å²) in [6.07, 6.45) is 3.59. The van der Waals surface area contributed by atoms with Crippen molar-refractivity contribution >= 4 is 34.2 Å². The lowest BCUT2D eigenvalue weighted by Gasteiger charge is -1.73. The maximum atomic E-state index is 4.97. The first-order valence-corrected chi connectivity index (χ1v) is 10.9. The Hall–Kier alpha value is -2.04. The van der Waals surface area contributed by atoms with Crippen molar-refractivity contribution in [2.45, 2.75) is 55.4 Å². The third-order valence-electron chi connectivity index (χ3n) is 2.73. The third kappa shape index (κ3) is 11.0. The fourth-order valence-corrected chi connectivity index (χ4v) is 3.48. The molecule has 0 atom stereocenters. The number of oxazole rings is 1. The predicted octanol–water partition coefficient (Wildman–Crippen LogP) is 5.36. The van der Waals surface area contributed by atoms with E-state index in [4.69, 9.17) is 4.42 Å². The fourth-order valence-electron chi connectivity index (χ4n) is 1.73. The largest absolute Gasteiger partial charge is 0.446 e. The van der Waals surface area contributed by atoms with E-state index in [1.165, 1.54) is 16.4 Å². The average molecular weight is 439 g/mol. The van der Waals surface area contributed by atoms with Crippen LogP contribution in [0.25, 0.3) is 0 Å². The molecule has 0 aliphatic carbocycles. The normalized spacial score (nSPS) is 9.43. The Labute approximate surface area is 178 Å². The molecule has 0 aliphatic heterocycles. The zero-order valence-corrected chi connectivity index (χ0v) is 19.9. The van der Waals surface area contributed by atoms with Gasteiger partial charge in [-0.2, -0.15) is 4.37 Å². The quantitative estimate of drug-likeness (QED) is 0.365. The molecule has 0 amide bonds. The van der Waals surface area contributed by atoms with Crippen molar-refractivity contribution in [2.75, 3.05) is 0 Å². The van der Waals surface area contributed by atoms with Crippen molar-refractivity contribution in [3.63, 3.8) is 0 Å². The molecule has 0 radical (unpaired) electrons. The van der Waals surface area contributed by atoms with Crippen LogP contribution in [-0.2, 0) is 0 Å². The lowest BCUT2D eigenvalue weighted by molar-refractivity contribution is 0.494. The van der Waals surface area contributed by atoms with E-state index in [1.54, 1.807) is 28.9 Å². The molecular weight excluding hydrogens is 412 g/mol. The molecule has 28 heavy (non-hydrogen) atoms. The van der Waals surface area contributed by atoms with Crippen LogP contribution >= 0.6 is 34.2 Å². The van der Waals surface area contributed by atoms with Gasteiger partial charge in [-0.3, -0.25) is 0 Å². The lowest BCUT2D eigenvalue weighted by atomic mass is 10.6. The summed E-state index contributed by atoms with van der Waals surface area (Å²) in [4.78, 5) is 13.2. The molecule has 4 rings (SSSR count). The molecule has 4 heterocycles. The maximum absolute atomic E-state index is 4.97. The molecule has 10 heteroatoms. The Morgan fingerprint density at radius 2 is 1.36 bits per heavy atom. The van der Waals surface area contributed by atoms with Crippen LogP contribution in [0.2, 0.25) is 0 Å². The minimum Gasteiger partial charge on any atom is -0.446 e. The molecule has 0 spiro atoms. The highest BCUT2D eigenvalue weighted by atomic mass is 32.1. The lowest BCUT2D eigenvalue weighted by Crippen LogP contribution is -1.70. The van der Waals surface area contributed by atoms with Gasteiger partial charge in [-0.15, -0.1) is 32.9 Å². The van der Waals surface area contributed by atoms with Crippen LogP contribution < -0.4 is 0 Å². The molecular formula is C18H26N6OS3. The Morgan fingerprint density at radius 3 is 1.50 bits per heavy atom. The Kier molecular flexibility index (Phi) is 10.6. The number of aryl methyl sites for hydroxylation is 8. The van der Waals surface area contributed by atoms with Crippen molar-refractivity contribution in [2.24, 2.45) is 0 Å². The molecule has 7 nitrogen and oxygen atoms in total. The molecule has 4 aromatic rings. The van der Waals surface area contributed by atoms with Gasteiger partial charge in [0.05, 0.1) is 11.2 Å². The van der Waals surface area contributed by atoms with Gasteiger partial charge in [-0.05, 0) is 60.0 Å². The summed E-state index contributed by atoms with van der Waals surface area (Å²) in [5.41, 5.74) is 0. The summed E-state index contributed by atoms with van der Waals surface area (Å²) >= 11 is 4.80. The number of rotatable bonds is 0. The van der Waals surface area contributed by atoms with Gasteiger partial charge in [-0.25, -0.2) is 15.0 Å². The van der Waals surface area contributed by atoms with E-state index in [0.29, 0.717) is 0 Å². The van der Waals surface area contributed by atoms with Gasteiger partial charge >= 0.3 is 0 Å². The molecule has 4 aromatic heterocycles. The van der Waals surface area contributed by atoms with Gasteiger partial charge in [0.25, 0.3) is 0 Å². The standard InChI is InChI=1S/C5H7NO.C5H7NS.2C4H6N2S/c2*1-4-3-6-5(2)7-4;1-3-5-6-4(2)7-3;1-3-5-4(2)7-6-3/h2*3H,1-2H3;2*1-2H3. The SMILES string of the molecule is Cc1cnc(C)o1.Cc1cnc(C)s1.Cc1nnc(C)s1.Cc1nsc(C)n1. The van der Waals surface area contributed by atoms with E-state index in [2.05, 4.69) is 36.4 Å². The predicted molar refractivity (Wildman–Crippen MR) is 116 cm³/mol. The van der Waals surface area contributed by atoms with E-state index < -0.39 is 0 Å². The first-order chi connectivity index (χ1) is 13.2. The van der Waals surface area contributed by atoms with Gasteiger partial charge < -0.3 is 4.42 Å². The van der Waals surface area contributed by atoms with Crippen LogP contribution in [0.5, 0.6) is 0 Å². The monoisotopic (exact) mass is 438 g/mol. The van der Waals surface area contributed by atoms with Crippen molar-refractivity contribution in [3.8, 4) is 0 Å². The molecule has 0 fully saturated rings. The summed E-state index contributed by atoms with van der Waals surface area (Å²) in [7, 11) is 0. The van der Waals surface area contributed by atoms with Crippen LogP contribution in [0, 0.1) is 55.4 Å². The average Bonchev–Trinajstić information content (AvgIpc) is 3.37. The van der Waals surface area contributed by atoms with E-state index in [1.807, 2.05) is 54.7 Å². The molecule has 0 N–H and O–H groups in total. The molecule has 0 bridgehead atoms. The summed E-state index contributed by atoms with van der Waals surface area (Å²) in [5.74, 6) is 2.48. The third-order valence-corrected chi connectivity index (χ3v) is 5.02. The fraction of sp³-hybridized carbons (Fsp3) is 0.444. The number of hydrogen-bond donors (Lipinski definition) is 0. The summed E-state index contributed by atoms with van der Waals surface area (Å²) < 4.78 is 8.92. The molecule has 0 aliphatic rings. The summed E-state index contributed by atoms with van der Waals surface area (Å²) in [6.45, 7) is 15.5. The van der Waals surface area contributed by atoms with Crippen molar-refractivity contribution in [1.29, 1.82) is 0 Å². The second-order valence-corrected chi connectivity index (χ2v) is 9.46. The van der Waals surface area contributed by atoms with Gasteiger partial charge in [0.1, 0.15) is 26.6 Å². The minimum atomic E-state index is 0.734. The Bertz CT molecular complexity index is 722. The highest BCUT2D eigenvalue weighted by Gasteiger charge is 1.89. The number of hydrogen-bond acceptors (Lipinski definition) is 10. The molecule has 0 aromatic carbocycles. The Balaban J connectivity index is 0.000000187. The number of aromatic nitrogens is 6. The van der Waals surface area contributed by atoms with Gasteiger partial charge in [-0.1, -0.05) is 0 Å². The topological polar surface area (TPSA) is 90.5 Å². The van der Waals surface area contributed by atoms with Crippen LogP contribution in [0.4, 0.5) is 0 Å². The van der Waals surface area contributed by atoms with Crippen LogP contribution in [0.1, 0.15) is 42.4 Å². The number of nitrogens with zero attached hydrogens (tertiary/aromatic N) is 6. The number of thiazole rings is 1. The summed E-state index contributed by atoms with van der Waals surface area (Å²) in [6, 6.07) is 0. The molecule has 152 valence electrons. The zero-order chi connectivity index (χ0) is 21.1. The van der Waals surface area contributed by atoms with Crippen LogP contribution in [0.15, 0.2) is 16.8 Å². The second kappa shape index (κ2) is 12.4.